The monoisotopic (exact) mass is 299 g/mol. The van der Waals surface area contributed by atoms with Crippen molar-refractivity contribution in [1.29, 1.82) is 0 Å². The van der Waals surface area contributed by atoms with Crippen LogP contribution in [-0.4, -0.2) is 22.2 Å². The van der Waals surface area contributed by atoms with Gasteiger partial charge in [-0.3, -0.25) is 4.79 Å². The third-order valence-electron chi connectivity index (χ3n) is 2.78. The van der Waals surface area contributed by atoms with Crippen molar-refractivity contribution in [2.45, 2.75) is 44.4 Å². The van der Waals surface area contributed by atoms with E-state index in [2.05, 4.69) is 0 Å². The van der Waals surface area contributed by atoms with Crippen molar-refractivity contribution in [2.24, 2.45) is 11.7 Å². The van der Waals surface area contributed by atoms with Gasteiger partial charge in [0, 0.05) is 12.5 Å². The fourth-order valence-corrected chi connectivity index (χ4v) is 2.08. The maximum Gasteiger partial charge on any atom is 0.311 e. The number of benzene rings is 1. The lowest BCUT2D eigenvalue weighted by molar-refractivity contribution is -0.161. The van der Waals surface area contributed by atoms with Gasteiger partial charge in [0.25, 0.3) is 0 Å². The number of alkyl halides is 1. The number of hydrogen-bond acceptors (Lipinski definition) is 4. The van der Waals surface area contributed by atoms with Crippen LogP contribution in [0.25, 0.3) is 0 Å². The van der Waals surface area contributed by atoms with E-state index in [9.17, 15) is 9.90 Å². The topological polar surface area (TPSA) is 72.5 Å². The number of ether oxygens (including phenoxy) is 1. The average Bonchev–Trinajstić information content (AvgIpc) is 2.34. The van der Waals surface area contributed by atoms with Crippen LogP contribution >= 0.6 is 11.6 Å². The van der Waals surface area contributed by atoms with Crippen molar-refractivity contribution in [1.82, 2.24) is 0 Å². The third kappa shape index (κ3) is 5.49. The molecule has 1 rings (SSSR count). The number of halogens is 1. The van der Waals surface area contributed by atoms with Crippen molar-refractivity contribution >= 4 is 17.6 Å². The molecule has 2 unspecified atom stereocenters. The molecule has 0 spiro atoms. The summed E-state index contributed by atoms with van der Waals surface area (Å²) >= 11 is 5.61. The Hall–Kier alpha value is -1.10. The Morgan fingerprint density at radius 3 is 2.35 bits per heavy atom. The minimum Gasteiger partial charge on any atom is -0.460 e. The van der Waals surface area contributed by atoms with Crippen LogP contribution in [0.5, 0.6) is 0 Å². The smallest absolute Gasteiger partial charge is 0.311 e. The Labute approximate surface area is 124 Å². The average molecular weight is 300 g/mol. The number of aliphatic hydroxyl groups is 1. The first-order chi connectivity index (χ1) is 9.20. The molecule has 112 valence electrons. The molecule has 20 heavy (non-hydrogen) atoms. The van der Waals surface area contributed by atoms with Crippen LogP contribution < -0.4 is 5.73 Å². The Kier molecular flexibility index (Phi) is 5.99. The SMILES string of the molecule is CC(C)(C)OC(=O)[C@@H](CC(O)Cl)C(N)c1ccccc1. The van der Waals surface area contributed by atoms with Crippen LogP contribution in [-0.2, 0) is 9.53 Å². The number of rotatable bonds is 5. The Morgan fingerprint density at radius 1 is 1.35 bits per heavy atom. The van der Waals surface area contributed by atoms with Gasteiger partial charge in [-0.05, 0) is 26.3 Å². The summed E-state index contributed by atoms with van der Waals surface area (Å²) in [5.74, 6) is -1.14. The summed E-state index contributed by atoms with van der Waals surface area (Å²) in [5, 5.41) is 9.37. The summed E-state index contributed by atoms with van der Waals surface area (Å²) in [6.45, 7) is 5.35. The molecule has 3 atom stereocenters. The maximum absolute atomic E-state index is 12.2. The summed E-state index contributed by atoms with van der Waals surface area (Å²) in [6, 6.07) is 8.66. The van der Waals surface area contributed by atoms with E-state index in [1.54, 1.807) is 20.8 Å². The van der Waals surface area contributed by atoms with Crippen LogP contribution in [0.4, 0.5) is 0 Å². The van der Waals surface area contributed by atoms with Gasteiger partial charge in [-0.25, -0.2) is 0 Å². The molecule has 0 saturated carbocycles. The number of nitrogens with two attached hydrogens (primary N) is 1. The van der Waals surface area contributed by atoms with Crippen LogP contribution in [0.3, 0.4) is 0 Å². The van der Waals surface area contributed by atoms with Gasteiger partial charge in [-0.1, -0.05) is 41.9 Å². The van der Waals surface area contributed by atoms with Crippen LogP contribution in [0.1, 0.15) is 38.8 Å². The van der Waals surface area contributed by atoms with Crippen LogP contribution in [0.2, 0.25) is 0 Å². The van der Waals surface area contributed by atoms with Gasteiger partial charge < -0.3 is 15.6 Å². The summed E-state index contributed by atoms with van der Waals surface area (Å²) in [7, 11) is 0. The molecular weight excluding hydrogens is 278 g/mol. The van der Waals surface area contributed by atoms with Gasteiger partial charge in [0.15, 0.2) is 0 Å². The second kappa shape index (κ2) is 7.07. The second-order valence-electron chi connectivity index (χ2n) is 5.75. The molecule has 4 nitrogen and oxygen atoms in total. The predicted octanol–water partition coefficient (Wildman–Crippen LogP) is 2.59. The normalized spacial score (nSPS) is 16.3. The van der Waals surface area contributed by atoms with Crippen molar-refractivity contribution in [3.63, 3.8) is 0 Å². The Morgan fingerprint density at radius 2 is 1.90 bits per heavy atom. The minimum atomic E-state index is -1.14. The molecule has 5 heteroatoms. The predicted molar refractivity (Wildman–Crippen MR) is 79.2 cm³/mol. The third-order valence-corrected chi connectivity index (χ3v) is 2.95. The number of aliphatic hydroxyl groups excluding tert-OH is 1. The largest absolute Gasteiger partial charge is 0.460 e. The van der Waals surface area contributed by atoms with Crippen molar-refractivity contribution in [3.05, 3.63) is 35.9 Å². The van der Waals surface area contributed by atoms with Crippen LogP contribution in [0, 0.1) is 5.92 Å². The van der Waals surface area contributed by atoms with Gasteiger partial charge in [0.05, 0.1) is 5.92 Å². The fraction of sp³-hybridized carbons (Fsp3) is 0.533. The fourth-order valence-electron chi connectivity index (χ4n) is 1.88. The molecule has 0 aliphatic rings. The number of carbonyl (C=O) groups is 1. The number of carbonyl (C=O) groups excluding carboxylic acids is 1. The maximum atomic E-state index is 12.2. The van der Waals surface area contributed by atoms with E-state index in [-0.39, 0.29) is 6.42 Å². The van der Waals surface area contributed by atoms with Gasteiger partial charge in [-0.2, -0.15) is 0 Å². The summed E-state index contributed by atoms with van der Waals surface area (Å²) in [5.41, 5.74) is 5.20. The van der Waals surface area contributed by atoms with Gasteiger partial charge >= 0.3 is 5.97 Å². The first-order valence-electron chi connectivity index (χ1n) is 6.56. The molecule has 0 heterocycles. The van der Waals surface area contributed by atoms with Gasteiger partial charge in [0.1, 0.15) is 11.2 Å². The van der Waals surface area contributed by atoms with E-state index in [4.69, 9.17) is 22.1 Å². The molecule has 0 radical (unpaired) electrons. The first-order valence-corrected chi connectivity index (χ1v) is 7.00. The zero-order valence-corrected chi connectivity index (χ0v) is 12.8. The Bertz CT molecular complexity index is 428. The lowest BCUT2D eigenvalue weighted by atomic mass is 9.91. The molecule has 1 aromatic rings. The zero-order chi connectivity index (χ0) is 15.3. The van der Waals surface area contributed by atoms with Crippen LogP contribution in [0.15, 0.2) is 30.3 Å². The molecule has 3 N–H and O–H groups in total. The highest BCUT2D eigenvalue weighted by Crippen LogP contribution is 2.27. The molecule has 0 aliphatic carbocycles. The van der Waals surface area contributed by atoms with Crippen molar-refractivity contribution in [2.75, 3.05) is 0 Å². The first kappa shape index (κ1) is 17.0. The second-order valence-corrected chi connectivity index (χ2v) is 6.25. The summed E-state index contributed by atoms with van der Waals surface area (Å²) in [6.07, 6.45) is 0.0481. The highest BCUT2D eigenvalue weighted by Gasteiger charge is 2.32. The molecule has 0 bridgehead atoms. The highest BCUT2D eigenvalue weighted by molar-refractivity contribution is 6.19. The summed E-state index contributed by atoms with van der Waals surface area (Å²) < 4.78 is 5.35. The van der Waals surface area contributed by atoms with E-state index in [1.807, 2.05) is 30.3 Å². The summed E-state index contributed by atoms with van der Waals surface area (Å²) in [4.78, 5) is 12.2. The quantitative estimate of drug-likeness (QED) is 0.647. The molecule has 0 fully saturated rings. The van der Waals surface area contributed by atoms with Crippen molar-refractivity contribution < 1.29 is 14.6 Å². The number of esters is 1. The van der Waals surface area contributed by atoms with E-state index in [0.717, 1.165) is 5.56 Å². The minimum absolute atomic E-state index is 0.0481. The molecule has 0 aromatic heterocycles. The highest BCUT2D eigenvalue weighted by atomic mass is 35.5. The molecule has 0 amide bonds. The Balaban J connectivity index is 2.91. The van der Waals surface area contributed by atoms with E-state index in [0.29, 0.717) is 0 Å². The molecule has 0 aliphatic heterocycles. The van der Waals surface area contributed by atoms with E-state index >= 15 is 0 Å². The van der Waals surface area contributed by atoms with Gasteiger partial charge in [0.2, 0.25) is 0 Å². The lowest BCUT2D eigenvalue weighted by Gasteiger charge is -2.27. The standard InChI is InChI=1S/C15H22ClNO3/c1-15(2,3)20-14(19)11(9-12(16)18)13(17)10-7-5-4-6-8-10/h4-8,11-13,18H,9,17H2,1-3H3/t11-,12?,13?/m0/s1. The van der Waals surface area contributed by atoms with Gasteiger partial charge in [-0.15, -0.1) is 0 Å². The van der Waals surface area contributed by atoms with Crippen molar-refractivity contribution in [3.8, 4) is 0 Å². The molecule has 0 saturated heterocycles. The van der Waals surface area contributed by atoms with E-state index < -0.39 is 29.1 Å². The molecular formula is C15H22ClNO3. The molecule has 1 aromatic carbocycles. The zero-order valence-electron chi connectivity index (χ0n) is 12.0. The number of hydrogen-bond donors (Lipinski definition) is 2. The lowest BCUT2D eigenvalue weighted by Crippen LogP contribution is -2.36. The van der Waals surface area contributed by atoms with E-state index in [1.165, 1.54) is 0 Å².